The molecule has 1 atom stereocenters. The van der Waals surface area contributed by atoms with Gasteiger partial charge in [0.1, 0.15) is 0 Å². The SMILES string of the molecule is Cc1cc(C)c(NNC(=O)NCC(c2ccc(Cl)cc2)n2cccn2)c(C)c1. The van der Waals surface area contributed by atoms with Crippen LogP contribution in [0.4, 0.5) is 10.5 Å². The van der Waals surface area contributed by atoms with E-state index < -0.39 is 0 Å². The number of nitrogens with one attached hydrogen (secondary N) is 3. The van der Waals surface area contributed by atoms with E-state index >= 15 is 0 Å². The third-order valence-electron chi connectivity index (χ3n) is 4.53. The second-order valence-electron chi connectivity index (χ2n) is 6.79. The van der Waals surface area contributed by atoms with Gasteiger partial charge in [-0.25, -0.2) is 4.79 Å². The molecule has 0 spiro atoms. The van der Waals surface area contributed by atoms with Gasteiger partial charge in [0.15, 0.2) is 0 Å². The average Bonchev–Trinajstić information content (AvgIpc) is 3.17. The lowest BCUT2D eigenvalue weighted by Crippen LogP contribution is -2.42. The fourth-order valence-electron chi connectivity index (χ4n) is 3.24. The summed E-state index contributed by atoms with van der Waals surface area (Å²) in [4.78, 5) is 12.3. The van der Waals surface area contributed by atoms with Crippen molar-refractivity contribution in [1.82, 2.24) is 20.5 Å². The topological polar surface area (TPSA) is 71.0 Å². The molecule has 2 aromatic carbocycles. The van der Waals surface area contributed by atoms with Gasteiger partial charge in [-0.2, -0.15) is 5.10 Å². The number of benzene rings is 2. The molecule has 1 heterocycles. The van der Waals surface area contributed by atoms with Crippen LogP contribution in [0.15, 0.2) is 54.9 Å². The minimum atomic E-state index is -0.314. The third-order valence-corrected chi connectivity index (χ3v) is 4.78. The lowest BCUT2D eigenvalue weighted by atomic mass is 10.1. The number of nitrogens with zero attached hydrogens (tertiary/aromatic N) is 2. The van der Waals surface area contributed by atoms with Gasteiger partial charge in [-0.05, 0) is 55.7 Å². The molecule has 0 aliphatic carbocycles. The predicted octanol–water partition coefficient (Wildman–Crippen LogP) is 4.38. The summed E-state index contributed by atoms with van der Waals surface area (Å²) in [5.41, 5.74) is 11.0. The van der Waals surface area contributed by atoms with Crippen LogP contribution in [0.3, 0.4) is 0 Å². The van der Waals surface area contributed by atoms with Crippen LogP contribution in [-0.2, 0) is 0 Å². The highest BCUT2D eigenvalue weighted by Gasteiger charge is 2.15. The number of anilines is 1. The highest BCUT2D eigenvalue weighted by molar-refractivity contribution is 6.30. The largest absolute Gasteiger partial charge is 0.334 e. The Bertz CT molecular complexity index is 915. The van der Waals surface area contributed by atoms with E-state index in [1.807, 2.05) is 55.1 Å². The minimum absolute atomic E-state index is 0.138. The summed E-state index contributed by atoms with van der Waals surface area (Å²) in [6.07, 6.45) is 3.59. The van der Waals surface area contributed by atoms with Crippen LogP contribution in [0.5, 0.6) is 0 Å². The predicted molar refractivity (Wildman–Crippen MR) is 113 cm³/mol. The first-order valence-electron chi connectivity index (χ1n) is 9.06. The quantitative estimate of drug-likeness (QED) is 0.540. The van der Waals surface area contributed by atoms with Crippen molar-refractivity contribution in [2.24, 2.45) is 0 Å². The van der Waals surface area contributed by atoms with Crippen LogP contribution in [-0.4, -0.2) is 22.4 Å². The van der Waals surface area contributed by atoms with Crippen LogP contribution in [0, 0.1) is 20.8 Å². The molecule has 0 saturated carbocycles. The second kappa shape index (κ2) is 8.80. The van der Waals surface area contributed by atoms with Gasteiger partial charge in [0.2, 0.25) is 0 Å². The van der Waals surface area contributed by atoms with Gasteiger partial charge in [-0.3, -0.25) is 15.5 Å². The first-order valence-corrected chi connectivity index (χ1v) is 9.44. The lowest BCUT2D eigenvalue weighted by molar-refractivity contribution is 0.241. The smallest absolute Gasteiger partial charge is 0.333 e. The van der Waals surface area contributed by atoms with Gasteiger partial charge in [-0.15, -0.1) is 0 Å². The number of carbonyl (C=O) groups excluding carboxylic acids is 1. The van der Waals surface area contributed by atoms with Crippen molar-refractivity contribution < 1.29 is 4.79 Å². The maximum absolute atomic E-state index is 12.3. The summed E-state index contributed by atoms with van der Waals surface area (Å²) in [7, 11) is 0. The van der Waals surface area contributed by atoms with E-state index in [2.05, 4.69) is 40.3 Å². The van der Waals surface area contributed by atoms with E-state index in [0.29, 0.717) is 11.6 Å². The number of carbonyl (C=O) groups is 1. The number of rotatable bonds is 6. The monoisotopic (exact) mass is 397 g/mol. The van der Waals surface area contributed by atoms with E-state index in [-0.39, 0.29) is 12.1 Å². The zero-order valence-corrected chi connectivity index (χ0v) is 16.9. The summed E-state index contributed by atoms with van der Waals surface area (Å²) >= 11 is 5.99. The number of urea groups is 1. The molecule has 0 saturated heterocycles. The van der Waals surface area contributed by atoms with Crippen LogP contribution >= 0.6 is 11.6 Å². The van der Waals surface area contributed by atoms with E-state index in [4.69, 9.17) is 11.6 Å². The molecule has 7 heteroatoms. The van der Waals surface area contributed by atoms with Crippen molar-refractivity contribution in [3.8, 4) is 0 Å². The van der Waals surface area contributed by atoms with E-state index in [1.54, 1.807) is 6.20 Å². The fourth-order valence-corrected chi connectivity index (χ4v) is 3.37. The Morgan fingerprint density at radius 1 is 1.14 bits per heavy atom. The van der Waals surface area contributed by atoms with Crippen molar-refractivity contribution in [2.45, 2.75) is 26.8 Å². The Morgan fingerprint density at radius 2 is 1.82 bits per heavy atom. The van der Waals surface area contributed by atoms with Crippen LogP contribution < -0.4 is 16.2 Å². The van der Waals surface area contributed by atoms with E-state index in [1.165, 1.54) is 5.56 Å². The van der Waals surface area contributed by atoms with Crippen molar-refractivity contribution in [1.29, 1.82) is 0 Å². The van der Waals surface area contributed by atoms with Gasteiger partial charge in [0.05, 0.1) is 11.7 Å². The molecule has 0 aliphatic rings. The van der Waals surface area contributed by atoms with Gasteiger partial charge in [0, 0.05) is 24.0 Å². The molecule has 1 unspecified atom stereocenters. The zero-order chi connectivity index (χ0) is 20.1. The van der Waals surface area contributed by atoms with Crippen molar-refractivity contribution >= 4 is 23.3 Å². The highest BCUT2D eigenvalue weighted by atomic mass is 35.5. The summed E-state index contributed by atoms with van der Waals surface area (Å²) in [6, 6.07) is 13.1. The molecule has 28 heavy (non-hydrogen) atoms. The number of halogens is 1. The van der Waals surface area contributed by atoms with Crippen molar-refractivity contribution in [3.63, 3.8) is 0 Å². The number of hydrogen-bond acceptors (Lipinski definition) is 3. The Morgan fingerprint density at radius 3 is 2.43 bits per heavy atom. The molecule has 3 aromatic rings. The summed E-state index contributed by atoms with van der Waals surface area (Å²) < 4.78 is 1.81. The average molecular weight is 398 g/mol. The molecule has 0 radical (unpaired) electrons. The van der Waals surface area contributed by atoms with Gasteiger partial charge >= 0.3 is 6.03 Å². The molecule has 6 nitrogen and oxygen atoms in total. The number of aryl methyl sites for hydroxylation is 3. The first kappa shape index (κ1) is 19.8. The summed E-state index contributed by atoms with van der Waals surface area (Å²) in [6.45, 7) is 6.45. The Kier molecular flexibility index (Phi) is 6.21. The lowest BCUT2D eigenvalue weighted by Gasteiger charge is -2.20. The number of amides is 2. The molecule has 1 aromatic heterocycles. The van der Waals surface area contributed by atoms with Gasteiger partial charge < -0.3 is 5.32 Å². The van der Waals surface area contributed by atoms with E-state index in [9.17, 15) is 4.79 Å². The molecule has 3 rings (SSSR count). The normalized spacial score (nSPS) is 11.7. The third kappa shape index (κ3) is 4.84. The molecule has 146 valence electrons. The maximum atomic E-state index is 12.3. The number of aromatic nitrogens is 2. The van der Waals surface area contributed by atoms with Crippen molar-refractivity contribution in [3.05, 3.63) is 82.1 Å². The molecule has 0 fully saturated rings. The first-order chi connectivity index (χ1) is 13.4. The molecular formula is C21H24ClN5O. The standard InChI is InChI=1S/C21H24ClN5O/c1-14-11-15(2)20(16(3)12-14)25-26-21(28)23-13-19(27-10-4-9-24-27)17-5-7-18(22)8-6-17/h4-12,19,25H,13H2,1-3H3,(H2,23,26,28). The maximum Gasteiger partial charge on any atom is 0.333 e. The van der Waals surface area contributed by atoms with Crippen LogP contribution in [0.25, 0.3) is 0 Å². The van der Waals surface area contributed by atoms with Gasteiger partial charge in [0.25, 0.3) is 0 Å². The van der Waals surface area contributed by atoms with Crippen LogP contribution in [0.1, 0.15) is 28.3 Å². The zero-order valence-electron chi connectivity index (χ0n) is 16.2. The fraction of sp³-hybridized carbons (Fsp3) is 0.238. The second-order valence-corrected chi connectivity index (χ2v) is 7.22. The molecule has 3 N–H and O–H groups in total. The summed E-state index contributed by atoms with van der Waals surface area (Å²) in [5.74, 6) is 0. The van der Waals surface area contributed by atoms with Gasteiger partial charge in [-0.1, -0.05) is 41.4 Å². The van der Waals surface area contributed by atoms with Crippen LogP contribution in [0.2, 0.25) is 5.02 Å². The summed E-state index contributed by atoms with van der Waals surface area (Å²) in [5, 5.41) is 7.88. The molecule has 0 aliphatic heterocycles. The Labute approximate surface area is 169 Å². The Hall–Kier alpha value is -2.99. The molecular weight excluding hydrogens is 374 g/mol. The number of hydrazine groups is 1. The number of hydrogen-bond donors (Lipinski definition) is 3. The van der Waals surface area contributed by atoms with E-state index in [0.717, 1.165) is 22.4 Å². The highest BCUT2D eigenvalue weighted by Crippen LogP contribution is 2.21. The molecule has 2 amide bonds. The Balaban J connectivity index is 1.63. The molecule has 0 bridgehead atoms. The van der Waals surface area contributed by atoms with Crippen molar-refractivity contribution in [2.75, 3.05) is 12.0 Å². The minimum Gasteiger partial charge on any atom is -0.334 e.